The van der Waals surface area contributed by atoms with E-state index < -0.39 is 0 Å². The molecule has 1 amide bonds. The summed E-state index contributed by atoms with van der Waals surface area (Å²) in [5.74, 6) is 0.886. The number of carbonyl (C=O) groups excluding carboxylic acids is 1. The second-order valence-electron chi connectivity index (χ2n) is 6.90. The number of methoxy groups -OCH3 is 1. The largest absolute Gasteiger partial charge is 0.493 e. The molecule has 33 heavy (non-hydrogen) atoms. The number of thioether (sulfide) groups is 1. The quantitative estimate of drug-likeness (QED) is 0.220. The van der Waals surface area contributed by atoms with Crippen LogP contribution in [0.15, 0.2) is 70.0 Å². The highest BCUT2D eigenvalue weighted by atomic mass is 79.9. The molecule has 4 rings (SSSR count). The topological polar surface area (TPSA) is 38.8 Å². The number of para-hydroxylation sites is 1. The Morgan fingerprint density at radius 3 is 2.55 bits per heavy atom. The third kappa shape index (κ3) is 5.39. The first-order valence-electron chi connectivity index (χ1n) is 9.64. The molecule has 3 aromatic rings. The summed E-state index contributed by atoms with van der Waals surface area (Å²) >= 11 is 22.5. The molecular weight excluding hydrogens is 565 g/mol. The van der Waals surface area contributed by atoms with Gasteiger partial charge in [-0.3, -0.25) is 9.69 Å². The van der Waals surface area contributed by atoms with Crippen LogP contribution in [0.4, 0.5) is 5.69 Å². The fraction of sp³-hybridized carbons (Fsp3) is 0.0833. The Balaban J connectivity index is 1.58. The molecule has 0 atom stereocenters. The maximum atomic E-state index is 13.0. The van der Waals surface area contributed by atoms with Crippen LogP contribution in [0.1, 0.15) is 11.1 Å². The van der Waals surface area contributed by atoms with E-state index in [2.05, 4.69) is 15.9 Å². The highest BCUT2D eigenvalue weighted by Gasteiger charge is 2.33. The molecule has 0 aromatic heterocycles. The molecular formula is C24H16BrCl2NO3S2. The van der Waals surface area contributed by atoms with Crippen molar-refractivity contribution in [2.24, 2.45) is 0 Å². The highest BCUT2D eigenvalue weighted by Crippen LogP contribution is 2.40. The van der Waals surface area contributed by atoms with Gasteiger partial charge in [-0.25, -0.2) is 0 Å². The molecule has 0 N–H and O–H groups in total. The number of rotatable bonds is 6. The summed E-state index contributed by atoms with van der Waals surface area (Å²) in [6, 6.07) is 18.2. The van der Waals surface area contributed by atoms with Crippen LogP contribution in [0.3, 0.4) is 0 Å². The number of carbonyl (C=O) groups is 1. The maximum Gasteiger partial charge on any atom is 0.270 e. The Bertz CT molecular complexity index is 1270. The molecule has 1 heterocycles. The Hall–Kier alpha value is -2.03. The number of hydrogen-bond donors (Lipinski definition) is 0. The van der Waals surface area contributed by atoms with Crippen LogP contribution in [-0.4, -0.2) is 17.3 Å². The average Bonchev–Trinajstić information content (AvgIpc) is 3.08. The lowest BCUT2D eigenvalue weighted by molar-refractivity contribution is -0.113. The van der Waals surface area contributed by atoms with E-state index >= 15 is 0 Å². The first-order chi connectivity index (χ1) is 15.9. The highest BCUT2D eigenvalue weighted by molar-refractivity contribution is 9.10. The Morgan fingerprint density at radius 2 is 1.85 bits per heavy atom. The van der Waals surface area contributed by atoms with Crippen molar-refractivity contribution in [1.29, 1.82) is 0 Å². The first-order valence-corrected chi connectivity index (χ1v) is 12.4. The third-order valence-corrected chi connectivity index (χ3v) is 7.35. The summed E-state index contributed by atoms with van der Waals surface area (Å²) in [7, 11) is 1.56. The van der Waals surface area contributed by atoms with E-state index in [1.54, 1.807) is 37.5 Å². The zero-order chi connectivity index (χ0) is 23.5. The lowest BCUT2D eigenvalue weighted by Crippen LogP contribution is -2.27. The predicted octanol–water partition coefficient (Wildman–Crippen LogP) is 7.75. The Labute approximate surface area is 219 Å². The van der Waals surface area contributed by atoms with E-state index in [-0.39, 0.29) is 12.5 Å². The molecule has 1 aliphatic heterocycles. The van der Waals surface area contributed by atoms with Crippen molar-refractivity contribution in [2.75, 3.05) is 12.0 Å². The van der Waals surface area contributed by atoms with Gasteiger partial charge in [0.15, 0.2) is 15.8 Å². The summed E-state index contributed by atoms with van der Waals surface area (Å²) in [6.07, 6.45) is 1.79. The number of amides is 1. The standard InChI is InChI=1S/C24H16BrCl2NO3S2/c1-30-20-9-15(10-22-23(29)28(24(32)33-22)17-5-3-2-4-6-17)18(25)12-21(20)31-13-14-7-8-16(26)11-19(14)27/h2-12H,13H2,1H3/b22-10+. The average molecular weight is 581 g/mol. The molecule has 1 saturated heterocycles. The number of thiocarbonyl (C=S) groups is 1. The smallest absolute Gasteiger partial charge is 0.270 e. The van der Waals surface area contributed by atoms with E-state index in [4.69, 9.17) is 44.9 Å². The van der Waals surface area contributed by atoms with Crippen LogP contribution in [-0.2, 0) is 11.4 Å². The predicted molar refractivity (Wildman–Crippen MR) is 144 cm³/mol. The lowest BCUT2D eigenvalue weighted by atomic mass is 10.1. The van der Waals surface area contributed by atoms with Crippen LogP contribution >= 0.6 is 63.1 Å². The van der Waals surface area contributed by atoms with E-state index in [0.29, 0.717) is 30.8 Å². The van der Waals surface area contributed by atoms with Crippen molar-refractivity contribution in [3.05, 3.63) is 91.2 Å². The lowest BCUT2D eigenvalue weighted by Gasteiger charge is -2.14. The molecule has 4 nitrogen and oxygen atoms in total. The van der Waals surface area contributed by atoms with Gasteiger partial charge in [0.2, 0.25) is 0 Å². The number of anilines is 1. The number of ether oxygens (including phenoxy) is 2. The molecule has 1 fully saturated rings. The summed E-state index contributed by atoms with van der Waals surface area (Å²) < 4.78 is 12.7. The van der Waals surface area contributed by atoms with Gasteiger partial charge in [0.05, 0.1) is 17.7 Å². The van der Waals surface area contributed by atoms with Gasteiger partial charge in [0.25, 0.3) is 5.91 Å². The third-order valence-electron chi connectivity index (χ3n) is 4.78. The van der Waals surface area contributed by atoms with Gasteiger partial charge in [-0.15, -0.1) is 0 Å². The summed E-state index contributed by atoms with van der Waals surface area (Å²) in [5, 5.41) is 1.09. The van der Waals surface area contributed by atoms with Crippen molar-refractivity contribution < 1.29 is 14.3 Å². The van der Waals surface area contributed by atoms with Gasteiger partial charge >= 0.3 is 0 Å². The zero-order valence-electron chi connectivity index (χ0n) is 17.2. The number of nitrogens with zero attached hydrogens (tertiary/aromatic N) is 1. The second-order valence-corrected chi connectivity index (χ2v) is 10.3. The molecule has 0 bridgehead atoms. The SMILES string of the molecule is COc1cc(/C=C2/SC(=S)N(c3ccccc3)C2=O)c(Br)cc1OCc1ccc(Cl)cc1Cl. The van der Waals surface area contributed by atoms with Crippen molar-refractivity contribution in [3.63, 3.8) is 0 Å². The molecule has 0 saturated carbocycles. The van der Waals surface area contributed by atoms with Gasteiger partial charge in [-0.05, 0) is 48.0 Å². The molecule has 0 spiro atoms. The van der Waals surface area contributed by atoms with Crippen LogP contribution in [0.5, 0.6) is 11.5 Å². The minimum Gasteiger partial charge on any atom is -0.493 e. The molecule has 168 valence electrons. The fourth-order valence-electron chi connectivity index (χ4n) is 3.14. The molecule has 0 aliphatic carbocycles. The van der Waals surface area contributed by atoms with Gasteiger partial charge < -0.3 is 9.47 Å². The number of hydrogen-bond acceptors (Lipinski definition) is 5. The normalized spacial score (nSPS) is 14.8. The monoisotopic (exact) mass is 579 g/mol. The zero-order valence-corrected chi connectivity index (χ0v) is 21.9. The summed E-state index contributed by atoms with van der Waals surface area (Å²) in [4.78, 5) is 15.1. The van der Waals surface area contributed by atoms with Crippen LogP contribution in [0.2, 0.25) is 10.0 Å². The minimum atomic E-state index is -0.167. The second kappa shape index (κ2) is 10.5. The molecule has 3 aromatic carbocycles. The molecule has 0 unspecified atom stereocenters. The molecule has 0 radical (unpaired) electrons. The van der Waals surface area contributed by atoms with E-state index in [1.807, 2.05) is 36.4 Å². The Kier molecular flexibility index (Phi) is 7.66. The van der Waals surface area contributed by atoms with E-state index in [9.17, 15) is 4.79 Å². The van der Waals surface area contributed by atoms with Crippen LogP contribution in [0, 0.1) is 0 Å². The molecule has 9 heteroatoms. The van der Waals surface area contributed by atoms with Gasteiger partial charge in [-0.1, -0.05) is 87.4 Å². The summed E-state index contributed by atoms with van der Waals surface area (Å²) in [6.45, 7) is 0.244. The van der Waals surface area contributed by atoms with Crippen LogP contribution in [0.25, 0.3) is 6.08 Å². The van der Waals surface area contributed by atoms with Crippen molar-refractivity contribution >= 4 is 85.1 Å². The maximum absolute atomic E-state index is 13.0. The van der Waals surface area contributed by atoms with E-state index in [0.717, 1.165) is 21.3 Å². The number of benzene rings is 3. The van der Waals surface area contributed by atoms with Gasteiger partial charge in [0.1, 0.15) is 6.61 Å². The number of halogens is 3. The van der Waals surface area contributed by atoms with Crippen molar-refractivity contribution in [2.45, 2.75) is 6.61 Å². The fourth-order valence-corrected chi connectivity index (χ4v) is 5.33. The van der Waals surface area contributed by atoms with Crippen molar-refractivity contribution in [1.82, 2.24) is 0 Å². The summed E-state index contributed by atoms with van der Waals surface area (Å²) in [5.41, 5.74) is 2.30. The minimum absolute atomic E-state index is 0.167. The van der Waals surface area contributed by atoms with Gasteiger partial charge in [0, 0.05) is 20.1 Å². The van der Waals surface area contributed by atoms with Crippen LogP contribution < -0.4 is 14.4 Å². The van der Waals surface area contributed by atoms with Crippen molar-refractivity contribution in [3.8, 4) is 11.5 Å². The first kappa shape index (κ1) is 24.1. The molecule has 1 aliphatic rings. The van der Waals surface area contributed by atoms with E-state index in [1.165, 1.54) is 16.7 Å². The van der Waals surface area contributed by atoms with Gasteiger partial charge in [-0.2, -0.15) is 0 Å². The Morgan fingerprint density at radius 1 is 1.09 bits per heavy atom.